The molecule has 1 amide bonds. The van der Waals surface area contributed by atoms with Gasteiger partial charge in [-0.05, 0) is 29.7 Å². The Morgan fingerprint density at radius 1 is 1.12 bits per heavy atom. The van der Waals surface area contributed by atoms with Crippen molar-refractivity contribution in [3.05, 3.63) is 66.5 Å². The number of aromatic nitrogens is 1. The molecule has 4 aromatic rings. The second-order valence-electron chi connectivity index (χ2n) is 5.45. The average Bonchev–Trinajstić information content (AvgIpc) is 3.01. The molecule has 0 fully saturated rings. The Labute approximate surface area is 146 Å². The van der Waals surface area contributed by atoms with Crippen LogP contribution in [0, 0.1) is 5.82 Å². The summed E-state index contributed by atoms with van der Waals surface area (Å²) in [6, 6.07) is 17.9. The summed E-state index contributed by atoms with van der Waals surface area (Å²) in [5.41, 5.74) is 0.650. The van der Waals surface area contributed by atoms with Crippen molar-refractivity contribution in [2.75, 3.05) is 11.9 Å². The van der Waals surface area contributed by atoms with Crippen LogP contribution in [-0.2, 0) is 4.79 Å². The number of nitrogens with zero attached hydrogens (tertiary/aromatic N) is 1. The van der Waals surface area contributed by atoms with Crippen molar-refractivity contribution in [1.82, 2.24) is 4.98 Å². The maximum absolute atomic E-state index is 13.2. The third kappa shape index (κ3) is 3.29. The fraction of sp³-hybridized carbons (Fsp3) is 0.0526. The summed E-state index contributed by atoms with van der Waals surface area (Å²) in [5.74, 6) is 0.0143. The highest BCUT2D eigenvalue weighted by Crippen LogP contribution is 2.27. The van der Waals surface area contributed by atoms with Gasteiger partial charge in [-0.2, -0.15) is 0 Å². The highest BCUT2D eigenvalue weighted by atomic mass is 32.1. The molecule has 1 aromatic heterocycles. The second-order valence-corrected chi connectivity index (χ2v) is 6.48. The van der Waals surface area contributed by atoms with Gasteiger partial charge >= 0.3 is 0 Å². The van der Waals surface area contributed by atoms with E-state index in [9.17, 15) is 9.18 Å². The summed E-state index contributed by atoms with van der Waals surface area (Å²) in [5, 5.41) is 5.12. The predicted octanol–water partition coefficient (Wildman–Crippen LogP) is 4.61. The molecule has 0 spiro atoms. The average molecular weight is 352 g/mol. The van der Waals surface area contributed by atoms with Crippen LogP contribution in [0.5, 0.6) is 5.75 Å². The van der Waals surface area contributed by atoms with Gasteiger partial charge in [0.1, 0.15) is 11.6 Å². The number of thiazole rings is 1. The van der Waals surface area contributed by atoms with Crippen LogP contribution in [0.2, 0.25) is 0 Å². The molecule has 0 aliphatic heterocycles. The number of hydrogen-bond donors (Lipinski definition) is 1. The fourth-order valence-corrected chi connectivity index (χ4v) is 3.48. The molecule has 1 N–H and O–H groups in total. The molecule has 4 nitrogen and oxygen atoms in total. The molecule has 0 aliphatic carbocycles. The molecule has 124 valence electrons. The molecule has 1 heterocycles. The lowest BCUT2D eigenvalue weighted by molar-refractivity contribution is -0.118. The predicted molar refractivity (Wildman–Crippen MR) is 97.7 cm³/mol. The van der Waals surface area contributed by atoms with Crippen molar-refractivity contribution >= 4 is 43.4 Å². The molecule has 0 aliphatic rings. The minimum Gasteiger partial charge on any atom is -0.483 e. The summed E-state index contributed by atoms with van der Waals surface area (Å²) in [4.78, 5) is 16.4. The minimum atomic E-state index is -0.326. The molecule has 25 heavy (non-hydrogen) atoms. The lowest BCUT2D eigenvalue weighted by atomic mass is 10.1. The Kier molecular flexibility index (Phi) is 4.03. The van der Waals surface area contributed by atoms with Gasteiger partial charge in [-0.15, -0.1) is 0 Å². The summed E-state index contributed by atoms with van der Waals surface area (Å²) < 4.78 is 19.6. The second kappa shape index (κ2) is 6.49. The number of carbonyl (C=O) groups excluding carboxylic acids is 1. The number of nitrogens with one attached hydrogen (secondary N) is 1. The normalized spacial score (nSPS) is 10.9. The van der Waals surface area contributed by atoms with Gasteiger partial charge < -0.3 is 4.74 Å². The van der Waals surface area contributed by atoms with E-state index >= 15 is 0 Å². The number of benzene rings is 3. The molecule has 4 rings (SSSR count). The van der Waals surface area contributed by atoms with Crippen molar-refractivity contribution in [2.24, 2.45) is 0 Å². The van der Waals surface area contributed by atoms with Gasteiger partial charge in [0.2, 0.25) is 0 Å². The number of carbonyl (C=O) groups is 1. The van der Waals surface area contributed by atoms with Gasteiger partial charge in [0.05, 0.1) is 10.2 Å². The van der Waals surface area contributed by atoms with Crippen molar-refractivity contribution in [3.8, 4) is 5.75 Å². The number of ether oxygens (including phenoxy) is 1. The van der Waals surface area contributed by atoms with E-state index in [0.717, 1.165) is 10.8 Å². The Morgan fingerprint density at radius 3 is 2.88 bits per heavy atom. The topological polar surface area (TPSA) is 51.2 Å². The SMILES string of the molecule is O=C(COc1cccc2ccccc12)Nc1nc2ccc(F)cc2s1. The van der Waals surface area contributed by atoms with Gasteiger partial charge in [0, 0.05) is 5.39 Å². The quantitative estimate of drug-likeness (QED) is 0.584. The van der Waals surface area contributed by atoms with E-state index in [-0.39, 0.29) is 18.3 Å². The fourth-order valence-electron chi connectivity index (χ4n) is 2.57. The van der Waals surface area contributed by atoms with E-state index in [2.05, 4.69) is 10.3 Å². The zero-order valence-electron chi connectivity index (χ0n) is 13.0. The highest BCUT2D eigenvalue weighted by Gasteiger charge is 2.10. The molecule has 0 saturated carbocycles. The first kappa shape index (κ1) is 15.5. The molecule has 0 unspecified atom stereocenters. The molecule has 6 heteroatoms. The maximum Gasteiger partial charge on any atom is 0.264 e. The Hall–Kier alpha value is -2.99. The number of anilines is 1. The standard InChI is InChI=1S/C19H13FN2O2S/c20-13-8-9-15-17(10-13)25-19(21-15)22-18(23)11-24-16-7-3-5-12-4-1-2-6-14(12)16/h1-10H,11H2,(H,21,22,23). The first-order valence-corrected chi connectivity index (χ1v) is 8.47. The molecule has 0 atom stereocenters. The number of hydrogen-bond acceptors (Lipinski definition) is 4. The smallest absolute Gasteiger partial charge is 0.264 e. The van der Waals surface area contributed by atoms with Gasteiger partial charge in [-0.25, -0.2) is 9.37 Å². The molecule has 0 radical (unpaired) electrons. The van der Waals surface area contributed by atoms with Crippen LogP contribution in [-0.4, -0.2) is 17.5 Å². The Bertz CT molecular complexity index is 1070. The summed E-state index contributed by atoms with van der Waals surface area (Å²) in [7, 11) is 0. The zero-order chi connectivity index (χ0) is 17.2. The third-order valence-electron chi connectivity index (χ3n) is 3.71. The van der Waals surface area contributed by atoms with Crippen LogP contribution >= 0.6 is 11.3 Å². The number of fused-ring (bicyclic) bond motifs is 2. The minimum absolute atomic E-state index is 0.127. The van der Waals surface area contributed by atoms with E-state index in [1.165, 1.54) is 23.5 Å². The number of rotatable bonds is 4. The summed E-state index contributed by atoms with van der Waals surface area (Å²) in [6.45, 7) is -0.127. The summed E-state index contributed by atoms with van der Waals surface area (Å²) in [6.07, 6.45) is 0. The maximum atomic E-state index is 13.2. The third-order valence-corrected chi connectivity index (χ3v) is 4.64. The molecular formula is C19H13FN2O2S. The van der Waals surface area contributed by atoms with Crippen molar-refractivity contribution in [2.45, 2.75) is 0 Å². The van der Waals surface area contributed by atoms with Crippen LogP contribution in [0.15, 0.2) is 60.7 Å². The molecule has 3 aromatic carbocycles. The van der Waals surface area contributed by atoms with Crippen LogP contribution in [0.1, 0.15) is 0 Å². The van der Waals surface area contributed by atoms with Crippen LogP contribution in [0.4, 0.5) is 9.52 Å². The van der Waals surface area contributed by atoms with E-state index < -0.39 is 0 Å². The Balaban J connectivity index is 1.46. The highest BCUT2D eigenvalue weighted by molar-refractivity contribution is 7.22. The van der Waals surface area contributed by atoms with Gasteiger partial charge in [0.25, 0.3) is 5.91 Å². The largest absolute Gasteiger partial charge is 0.483 e. The van der Waals surface area contributed by atoms with Crippen molar-refractivity contribution < 1.29 is 13.9 Å². The van der Waals surface area contributed by atoms with Gasteiger partial charge in [-0.3, -0.25) is 10.1 Å². The van der Waals surface area contributed by atoms with E-state index in [0.29, 0.717) is 21.1 Å². The molecular weight excluding hydrogens is 339 g/mol. The first-order valence-electron chi connectivity index (χ1n) is 7.65. The van der Waals surface area contributed by atoms with Crippen LogP contribution < -0.4 is 10.1 Å². The van der Waals surface area contributed by atoms with Crippen LogP contribution in [0.25, 0.3) is 21.0 Å². The lowest BCUT2D eigenvalue weighted by Gasteiger charge is -2.08. The summed E-state index contributed by atoms with van der Waals surface area (Å²) >= 11 is 1.23. The van der Waals surface area contributed by atoms with Crippen molar-refractivity contribution in [1.29, 1.82) is 0 Å². The van der Waals surface area contributed by atoms with Gasteiger partial charge in [-0.1, -0.05) is 47.7 Å². The molecule has 0 bridgehead atoms. The monoisotopic (exact) mass is 352 g/mol. The zero-order valence-corrected chi connectivity index (χ0v) is 13.8. The van der Waals surface area contributed by atoms with Crippen LogP contribution in [0.3, 0.4) is 0 Å². The first-order chi connectivity index (χ1) is 12.2. The van der Waals surface area contributed by atoms with E-state index in [4.69, 9.17) is 4.74 Å². The van der Waals surface area contributed by atoms with Gasteiger partial charge in [0.15, 0.2) is 11.7 Å². The number of amides is 1. The van der Waals surface area contributed by atoms with Crippen molar-refractivity contribution in [3.63, 3.8) is 0 Å². The number of halogens is 1. The van der Waals surface area contributed by atoms with E-state index in [1.807, 2.05) is 42.5 Å². The lowest BCUT2D eigenvalue weighted by Crippen LogP contribution is -2.20. The Morgan fingerprint density at radius 2 is 1.96 bits per heavy atom. The van der Waals surface area contributed by atoms with E-state index in [1.54, 1.807) is 6.07 Å². The molecule has 0 saturated heterocycles.